The average molecular weight is 326 g/mol. The van der Waals surface area contributed by atoms with E-state index in [4.69, 9.17) is 5.11 Å². The van der Waals surface area contributed by atoms with Gasteiger partial charge in [0, 0.05) is 31.4 Å². The standard InChI is InChI=1S/C17H18N4O3/c1-11-19-9-13(15(20-11)12-5-3-2-4-6-12)16(22)21-8-7-18-14(10-21)17(23)24/h2-6,9,14,18H,7-8,10H2,1H3,(H,23,24)/t14-/m1/s1. The van der Waals surface area contributed by atoms with Gasteiger partial charge in [0.1, 0.15) is 11.9 Å². The van der Waals surface area contributed by atoms with E-state index >= 15 is 0 Å². The van der Waals surface area contributed by atoms with Crippen molar-refractivity contribution in [1.82, 2.24) is 20.2 Å². The first-order valence-corrected chi connectivity index (χ1v) is 7.71. The summed E-state index contributed by atoms with van der Waals surface area (Å²) >= 11 is 0. The molecule has 1 fully saturated rings. The molecular formula is C17H18N4O3. The molecule has 1 atom stereocenters. The van der Waals surface area contributed by atoms with Crippen LogP contribution in [0, 0.1) is 6.92 Å². The number of aryl methyl sites for hydroxylation is 1. The van der Waals surface area contributed by atoms with E-state index in [0.29, 0.717) is 30.2 Å². The SMILES string of the molecule is Cc1ncc(C(=O)N2CCN[C@@H](C(=O)O)C2)c(-c2ccccc2)n1. The number of rotatable bonds is 3. The summed E-state index contributed by atoms with van der Waals surface area (Å²) in [6.07, 6.45) is 1.52. The lowest BCUT2D eigenvalue weighted by atomic mass is 10.1. The Morgan fingerprint density at radius 3 is 2.75 bits per heavy atom. The summed E-state index contributed by atoms with van der Waals surface area (Å²) in [6, 6.07) is 8.67. The van der Waals surface area contributed by atoms with Crippen LogP contribution in [0.1, 0.15) is 16.2 Å². The van der Waals surface area contributed by atoms with Gasteiger partial charge in [-0.15, -0.1) is 0 Å². The molecule has 0 saturated carbocycles. The average Bonchev–Trinajstić information content (AvgIpc) is 2.62. The summed E-state index contributed by atoms with van der Waals surface area (Å²) in [7, 11) is 0. The molecule has 1 aromatic carbocycles. The van der Waals surface area contributed by atoms with Gasteiger partial charge in [-0.2, -0.15) is 0 Å². The molecule has 0 spiro atoms. The van der Waals surface area contributed by atoms with Crippen LogP contribution >= 0.6 is 0 Å². The van der Waals surface area contributed by atoms with Crippen LogP contribution in [0.3, 0.4) is 0 Å². The summed E-state index contributed by atoms with van der Waals surface area (Å²) in [5, 5.41) is 12.0. The number of nitrogens with one attached hydrogen (secondary N) is 1. The predicted octanol–water partition coefficient (Wildman–Crippen LogP) is 0.951. The highest BCUT2D eigenvalue weighted by Gasteiger charge is 2.29. The van der Waals surface area contributed by atoms with Crippen LogP contribution < -0.4 is 5.32 Å². The van der Waals surface area contributed by atoms with E-state index in [2.05, 4.69) is 15.3 Å². The van der Waals surface area contributed by atoms with Crippen molar-refractivity contribution >= 4 is 11.9 Å². The maximum Gasteiger partial charge on any atom is 0.322 e. The van der Waals surface area contributed by atoms with E-state index in [9.17, 15) is 9.59 Å². The Kier molecular flexibility index (Phi) is 4.52. The predicted molar refractivity (Wildman–Crippen MR) is 87.5 cm³/mol. The Labute approximate surface area is 139 Å². The van der Waals surface area contributed by atoms with E-state index < -0.39 is 12.0 Å². The molecule has 0 aliphatic carbocycles. The van der Waals surface area contributed by atoms with E-state index in [1.165, 1.54) is 11.1 Å². The van der Waals surface area contributed by atoms with Gasteiger partial charge in [-0.25, -0.2) is 9.97 Å². The molecule has 1 aromatic heterocycles. The molecule has 1 aliphatic rings. The minimum absolute atomic E-state index is 0.121. The summed E-state index contributed by atoms with van der Waals surface area (Å²) in [5.41, 5.74) is 1.78. The molecule has 0 unspecified atom stereocenters. The van der Waals surface area contributed by atoms with E-state index in [1.807, 2.05) is 30.3 Å². The number of piperazine rings is 1. The topological polar surface area (TPSA) is 95.4 Å². The lowest BCUT2D eigenvalue weighted by Crippen LogP contribution is -2.55. The van der Waals surface area contributed by atoms with Crippen LogP contribution in [0.15, 0.2) is 36.5 Å². The van der Waals surface area contributed by atoms with E-state index in [0.717, 1.165) is 5.56 Å². The summed E-state index contributed by atoms with van der Waals surface area (Å²) in [4.78, 5) is 34.2. The maximum atomic E-state index is 12.9. The fraction of sp³-hybridized carbons (Fsp3) is 0.294. The minimum atomic E-state index is -0.962. The van der Waals surface area contributed by atoms with Crippen molar-refractivity contribution in [2.24, 2.45) is 0 Å². The Hall–Kier alpha value is -2.80. The van der Waals surface area contributed by atoms with Gasteiger partial charge in [-0.3, -0.25) is 9.59 Å². The molecule has 3 rings (SSSR count). The van der Waals surface area contributed by atoms with E-state index in [1.54, 1.807) is 6.92 Å². The smallest absolute Gasteiger partial charge is 0.322 e. The largest absolute Gasteiger partial charge is 0.480 e. The molecule has 2 aromatic rings. The van der Waals surface area contributed by atoms with Crippen LogP contribution in [0.5, 0.6) is 0 Å². The zero-order valence-electron chi connectivity index (χ0n) is 13.3. The molecule has 1 amide bonds. The fourth-order valence-electron chi connectivity index (χ4n) is 2.71. The normalized spacial score (nSPS) is 17.5. The van der Waals surface area contributed by atoms with Gasteiger partial charge in [0.2, 0.25) is 0 Å². The maximum absolute atomic E-state index is 12.9. The van der Waals surface area contributed by atoms with Gasteiger partial charge in [-0.05, 0) is 6.92 Å². The first-order valence-electron chi connectivity index (χ1n) is 7.71. The fourth-order valence-corrected chi connectivity index (χ4v) is 2.71. The second-order valence-corrected chi connectivity index (χ2v) is 5.64. The number of hydrogen-bond acceptors (Lipinski definition) is 5. The molecule has 2 N–H and O–H groups in total. The van der Waals surface area contributed by atoms with Gasteiger partial charge in [0.15, 0.2) is 0 Å². The van der Waals surface area contributed by atoms with Crippen LogP contribution in [0.25, 0.3) is 11.3 Å². The summed E-state index contributed by atoms with van der Waals surface area (Å²) < 4.78 is 0. The van der Waals surface area contributed by atoms with Gasteiger partial charge in [0.25, 0.3) is 5.91 Å². The van der Waals surface area contributed by atoms with Crippen molar-refractivity contribution in [2.75, 3.05) is 19.6 Å². The molecule has 24 heavy (non-hydrogen) atoms. The second kappa shape index (κ2) is 6.76. The molecule has 7 heteroatoms. The molecule has 124 valence electrons. The summed E-state index contributed by atoms with van der Waals surface area (Å²) in [5.74, 6) is -0.633. The van der Waals surface area contributed by atoms with Crippen molar-refractivity contribution in [2.45, 2.75) is 13.0 Å². The Morgan fingerprint density at radius 1 is 1.29 bits per heavy atom. The number of carboxylic acids is 1. The van der Waals surface area contributed by atoms with Crippen molar-refractivity contribution in [3.8, 4) is 11.3 Å². The number of amides is 1. The molecule has 1 aliphatic heterocycles. The lowest BCUT2D eigenvalue weighted by Gasteiger charge is -2.31. The third kappa shape index (κ3) is 3.26. The lowest BCUT2D eigenvalue weighted by molar-refractivity contribution is -0.140. The number of hydrogen-bond donors (Lipinski definition) is 2. The van der Waals surface area contributed by atoms with Crippen molar-refractivity contribution in [3.05, 3.63) is 47.9 Å². The number of carbonyl (C=O) groups is 2. The first kappa shape index (κ1) is 16.1. The highest BCUT2D eigenvalue weighted by atomic mass is 16.4. The van der Waals surface area contributed by atoms with Crippen LogP contribution in [0.4, 0.5) is 0 Å². The van der Waals surface area contributed by atoms with Crippen LogP contribution in [0.2, 0.25) is 0 Å². The number of benzene rings is 1. The molecule has 0 bridgehead atoms. The Balaban J connectivity index is 1.94. The highest BCUT2D eigenvalue weighted by Crippen LogP contribution is 2.22. The van der Waals surface area contributed by atoms with Crippen LogP contribution in [-0.2, 0) is 4.79 Å². The zero-order chi connectivity index (χ0) is 17.1. The molecule has 2 heterocycles. The first-order chi connectivity index (χ1) is 11.6. The Bertz CT molecular complexity index is 764. The molecule has 0 radical (unpaired) electrons. The zero-order valence-corrected chi connectivity index (χ0v) is 13.3. The molecule has 7 nitrogen and oxygen atoms in total. The van der Waals surface area contributed by atoms with Gasteiger partial charge < -0.3 is 15.3 Å². The van der Waals surface area contributed by atoms with E-state index in [-0.39, 0.29) is 12.5 Å². The number of carboxylic acid groups (broad SMARTS) is 1. The van der Waals surface area contributed by atoms with Gasteiger partial charge >= 0.3 is 5.97 Å². The van der Waals surface area contributed by atoms with Crippen molar-refractivity contribution < 1.29 is 14.7 Å². The van der Waals surface area contributed by atoms with Crippen molar-refractivity contribution in [1.29, 1.82) is 0 Å². The molecular weight excluding hydrogens is 308 g/mol. The molecule has 1 saturated heterocycles. The second-order valence-electron chi connectivity index (χ2n) is 5.64. The van der Waals surface area contributed by atoms with Gasteiger partial charge in [0.05, 0.1) is 11.3 Å². The Morgan fingerprint density at radius 2 is 2.04 bits per heavy atom. The van der Waals surface area contributed by atoms with Crippen molar-refractivity contribution in [3.63, 3.8) is 0 Å². The number of carbonyl (C=O) groups excluding carboxylic acids is 1. The monoisotopic (exact) mass is 326 g/mol. The number of aromatic nitrogens is 2. The number of nitrogens with zero attached hydrogens (tertiary/aromatic N) is 3. The van der Waals surface area contributed by atoms with Crippen LogP contribution in [-0.4, -0.2) is 57.5 Å². The highest BCUT2D eigenvalue weighted by molar-refractivity contribution is 6.00. The summed E-state index contributed by atoms with van der Waals surface area (Å²) in [6.45, 7) is 2.78. The minimum Gasteiger partial charge on any atom is -0.480 e. The quantitative estimate of drug-likeness (QED) is 0.872. The van der Waals surface area contributed by atoms with Gasteiger partial charge in [-0.1, -0.05) is 30.3 Å². The third-order valence-electron chi connectivity index (χ3n) is 3.95. The number of aliphatic carboxylic acids is 1. The third-order valence-corrected chi connectivity index (χ3v) is 3.95.